The molecule has 1 heterocycles. The van der Waals surface area contributed by atoms with E-state index in [0.29, 0.717) is 16.4 Å². The normalized spacial score (nSPS) is 25.7. The molecule has 5 heteroatoms. The van der Waals surface area contributed by atoms with Gasteiger partial charge in [-0.2, -0.15) is 5.10 Å². The Balaban J connectivity index is 2.08. The van der Waals surface area contributed by atoms with E-state index < -0.39 is 0 Å². The van der Waals surface area contributed by atoms with Crippen LogP contribution in [0.4, 0.5) is 0 Å². The molecule has 1 aromatic heterocycles. The minimum Gasteiger partial charge on any atom is -0.271 e. The Bertz CT molecular complexity index is 422. The van der Waals surface area contributed by atoms with Gasteiger partial charge in [-0.15, -0.1) is 0 Å². The van der Waals surface area contributed by atoms with Crippen LogP contribution in [-0.4, -0.2) is 9.78 Å². The zero-order valence-corrected chi connectivity index (χ0v) is 13.7. The molecule has 1 unspecified atom stereocenters. The lowest BCUT2D eigenvalue weighted by atomic mass is 9.68. The van der Waals surface area contributed by atoms with Gasteiger partial charge in [0.25, 0.3) is 0 Å². The van der Waals surface area contributed by atoms with Gasteiger partial charge in [0.2, 0.25) is 0 Å². The Hall–Kier alpha value is -0.580. The Labute approximate surface area is 127 Å². The predicted octanol–water partition coefficient (Wildman–Crippen LogP) is 3.43. The van der Waals surface area contributed by atoms with E-state index in [1.165, 1.54) is 25.7 Å². The van der Waals surface area contributed by atoms with E-state index in [-0.39, 0.29) is 6.04 Å². The number of hydrogen-bond donors (Lipinski definition) is 2. The van der Waals surface area contributed by atoms with E-state index in [4.69, 9.17) is 17.4 Å². The van der Waals surface area contributed by atoms with E-state index in [2.05, 4.69) is 31.3 Å². The number of nitrogens with two attached hydrogens (primary N) is 1. The molecule has 1 fully saturated rings. The summed E-state index contributed by atoms with van der Waals surface area (Å²) in [4.78, 5) is 0. The highest BCUT2D eigenvalue weighted by molar-refractivity contribution is 6.31. The van der Waals surface area contributed by atoms with Gasteiger partial charge in [-0.3, -0.25) is 16.0 Å². The van der Waals surface area contributed by atoms with Crippen molar-refractivity contribution in [1.29, 1.82) is 0 Å². The van der Waals surface area contributed by atoms with Crippen LogP contribution in [0.2, 0.25) is 5.02 Å². The molecular weight excluding hydrogens is 272 g/mol. The quantitative estimate of drug-likeness (QED) is 0.664. The first-order valence-corrected chi connectivity index (χ1v) is 7.86. The number of halogens is 1. The molecule has 114 valence electrons. The number of hydrazine groups is 1. The molecule has 1 saturated carbocycles. The summed E-state index contributed by atoms with van der Waals surface area (Å²) in [5.74, 6) is 7.14. The van der Waals surface area contributed by atoms with Crippen molar-refractivity contribution < 1.29 is 0 Å². The zero-order valence-electron chi connectivity index (χ0n) is 13.0. The molecule has 0 bridgehead atoms. The first kappa shape index (κ1) is 15.8. The largest absolute Gasteiger partial charge is 0.271 e. The highest BCUT2D eigenvalue weighted by atomic mass is 35.5. The first-order valence-electron chi connectivity index (χ1n) is 7.48. The van der Waals surface area contributed by atoms with Crippen LogP contribution in [-0.2, 0) is 7.05 Å². The van der Waals surface area contributed by atoms with Crippen molar-refractivity contribution in [3.8, 4) is 0 Å². The molecule has 1 atom stereocenters. The molecule has 0 amide bonds. The van der Waals surface area contributed by atoms with Gasteiger partial charge in [-0.1, -0.05) is 32.4 Å². The predicted molar refractivity (Wildman–Crippen MR) is 83.2 cm³/mol. The van der Waals surface area contributed by atoms with Crippen molar-refractivity contribution in [2.45, 2.75) is 52.5 Å². The third kappa shape index (κ3) is 3.18. The van der Waals surface area contributed by atoms with Gasteiger partial charge in [-0.05, 0) is 42.9 Å². The topological polar surface area (TPSA) is 55.9 Å². The molecule has 0 aromatic carbocycles. The average Bonchev–Trinajstić information content (AvgIpc) is 2.71. The molecule has 4 nitrogen and oxygen atoms in total. The molecule has 0 saturated heterocycles. The lowest BCUT2D eigenvalue weighted by Gasteiger charge is -2.39. The number of aromatic nitrogens is 2. The van der Waals surface area contributed by atoms with Crippen LogP contribution < -0.4 is 11.3 Å². The van der Waals surface area contributed by atoms with Crippen molar-refractivity contribution in [1.82, 2.24) is 15.2 Å². The number of nitrogens with zero attached hydrogens (tertiary/aromatic N) is 2. The van der Waals surface area contributed by atoms with Crippen LogP contribution in [0.3, 0.4) is 0 Å². The first-order chi connectivity index (χ1) is 9.34. The monoisotopic (exact) mass is 298 g/mol. The van der Waals surface area contributed by atoms with E-state index in [1.54, 1.807) is 6.20 Å². The smallest absolute Gasteiger partial charge is 0.0834 e. The Morgan fingerprint density at radius 2 is 1.95 bits per heavy atom. The fraction of sp³-hybridized carbons (Fsp3) is 0.800. The van der Waals surface area contributed by atoms with Crippen LogP contribution in [0.5, 0.6) is 0 Å². The Morgan fingerprint density at radius 1 is 1.35 bits per heavy atom. The van der Waals surface area contributed by atoms with Gasteiger partial charge in [0, 0.05) is 7.05 Å². The standard InChI is InChI=1S/C15H27ClN4/c1-15(2,3)11-7-5-10(6-8-11)13(19-17)14-12(16)9-18-20(14)4/h9-11,13,19H,5-8,17H2,1-4H3. The summed E-state index contributed by atoms with van der Waals surface area (Å²) in [6.07, 6.45) is 6.61. The molecule has 0 spiro atoms. The molecule has 2 rings (SSSR count). The van der Waals surface area contributed by atoms with Crippen molar-refractivity contribution in [2.24, 2.45) is 30.1 Å². The summed E-state index contributed by atoms with van der Waals surface area (Å²) in [6.45, 7) is 7.03. The summed E-state index contributed by atoms with van der Waals surface area (Å²) in [6, 6.07) is 0.0934. The minimum atomic E-state index is 0.0934. The van der Waals surface area contributed by atoms with Crippen LogP contribution in [0.25, 0.3) is 0 Å². The maximum absolute atomic E-state index is 6.26. The van der Waals surface area contributed by atoms with Crippen LogP contribution in [0.1, 0.15) is 58.2 Å². The SMILES string of the molecule is Cn1ncc(Cl)c1C(NN)C1CCC(C(C)(C)C)CC1. The highest BCUT2D eigenvalue weighted by Gasteiger charge is 2.34. The summed E-state index contributed by atoms with van der Waals surface area (Å²) in [5, 5.41) is 4.93. The van der Waals surface area contributed by atoms with E-state index in [9.17, 15) is 0 Å². The van der Waals surface area contributed by atoms with Gasteiger partial charge in [0.05, 0.1) is 23.0 Å². The van der Waals surface area contributed by atoms with E-state index in [1.807, 2.05) is 11.7 Å². The van der Waals surface area contributed by atoms with Gasteiger partial charge in [-0.25, -0.2) is 0 Å². The number of rotatable bonds is 3. The van der Waals surface area contributed by atoms with Crippen molar-refractivity contribution >= 4 is 11.6 Å². The molecule has 3 N–H and O–H groups in total. The molecule has 0 aliphatic heterocycles. The maximum Gasteiger partial charge on any atom is 0.0834 e. The second-order valence-corrected chi connectivity index (χ2v) is 7.53. The number of aryl methyl sites for hydroxylation is 1. The van der Waals surface area contributed by atoms with Gasteiger partial charge < -0.3 is 0 Å². The Morgan fingerprint density at radius 3 is 2.35 bits per heavy atom. The minimum absolute atomic E-state index is 0.0934. The van der Waals surface area contributed by atoms with Crippen LogP contribution >= 0.6 is 11.6 Å². The molecule has 0 radical (unpaired) electrons. The summed E-state index contributed by atoms with van der Waals surface area (Å²) in [5.41, 5.74) is 4.38. The Kier molecular flexibility index (Phi) is 4.77. The zero-order chi connectivity index (χ0) is 14.9. The number of nitrogens with one attached hydrogen (secondary N) is 1. The highest BCUT2D eigenvalue weighted by Crippen LogP contribution is 2.43. The van der Waals surface area contributed by atoms with Crippen molar-refractivity contribution in [3.63, 3.8) is 0 Å². The van der Waals surface area contributed by atoms with Crippen molar-refractivity contribution in [3.05, 3.63) is 16.9 Å². The fourth-order valence-electron chi connectivity index (χ4n) is 3.53. The number of hydrogen-bond acceptors (Lipinski definition) is 3. The van der Waals surface area contributed by atoms with E-state index in [0.717, 1.165) is 11.6 Å². The molecule has 20 heavy (non-hydrogen) atoms. The lowest BCUT2D eigenvalue weighted by molar-refractivity contribution is 0.131. The third-order valence-corrected chi connectivity index (χ3v) is 5.17. The summed E-state index contributed by atoms with van der Waals surface area (Å²) in [7, 11) is 1.92. The third-order valence-electron chi connectivity index (χ3n) is 4.88. The second kappa shape index (κ2) is 6.04. The molecular formula is C15H27ClN4. The lowest BCUT2D eigenvalue weighted by Crippen LogP contribution is -2.38. The fourth-order valence-corrected chi connectivity index (χ4v) is 3.81. The maximum atomic E-state index is 6.26. The molecule has 1 aliphatic carbocycles. The van der Waals surface area contributed by atoms with Crippen LogP contribution in [0, 0.1) is 17.3 Å². The van der Waals surface area contributed by atoms with Crippen LogP contribution in [0.15, 0.2) is 6.20 Å². The van der Waals surface area contributed by atoms with E-state index >= 15 is 0 Å². The average molecular weight is 299 g/mol. The van der Waals surface area contributed by atoms with Crippen molar-refractivity contribution in [2.75, 3.05) is 0 Å². The summed E-state index contributed by atoms with van der Waals surface area (Å²) >= 11 is 6.26. The molecule has 1 aliphatic rings. The van der Waals surface area contributed by atoms with Gasteiger partial charge >= 0.3 is 0 Å². The molecule has 1 aromatic rings. The van der Waals surface area contributed by atoms with Gasteiger partial charge in [0.1, 0.15) is 0 Å². The second-order valence-electron chi connectivity index (χ2n) is 7.12. The summed E-state index contributed by atoms with van der Waals surface area (Å²) < 4.78 is 1.84. The van der Waals surface area contributed by atoms with Gasteiger partial charge in [0.15, 0.2) is 0 Å².